The smallest absolute Gasteiger partial charge is 0.308 e. The van der Waals surface area contributed by atoms with Crippen molar-refractivity contribution in [1.29, 1.82) is 5.26 Å². The van der Waals surface area contributed by atoms with Crippen LogP contribution in [-0.2, 0) is 27.2 Å². The van der Waals surface area contributed by atoms with Gasteiger partial charge in [-0.1, -0.05) is 48.5 Å². The molecule has 178 valence electrons. The Balaban J connectivity index is 1.36. The summed E-state index contributed by atoms with van der Waals surface area (Å²) < 4.78 is 5.21. The molecule has 1 aromatic heterocycles. The van der Waals surface area contributed by atoms with Gasteiger partial charge in [-0.2, -0.15) is 5.26 Å². The largest absolute Gasteiger partial charge is 0.455 e. The Labute approximate surface area is 207 Å². The predicted octanol–water partition coefficient (Wildman–Crippen LogP) is 4.54. The van der Waals surface area contributed by atoms with E-state index in [9.17, 15) is 19.6 Å². The van der Waals surface area contributed by atoms with Crippen LogP contribution in [0, 0.1) is 11.3 Å². The molecule has 1 heterocycles. The van der Waals surface area contributed by atoms with E-state index in [1.807, 2.05) is 36.4 Å². The number of fused-ring (bicyclic) bond motifs is 1. The lowest BCUT2D eigenvalue weighted by atomic mass is 9.96. The Morgan fingerprint density at radius 1 is 1.00 bits per heavy atom. The fourth-order valence-electron chi connectivity index (χ4n) is 4.08. The summed E-state index contributed by atoms with van der Waals surface area (Å²) in [5.41, 5.74) is 2.77. The molecule has 1 unspecified atom stereocenters. The number of nitrogens with one attached hydrogen (secondary N) is 2. The van der Waals surface area contributed by atoms with Crippen LogP contribution in [0.3, 0.4) is 0 Å². The number of ether oxygens (including phenoxy) is 1. The molecule has 0 aliphatic heterocycles. The minimum Gasteiger partial charge on any atom is -0.455 e. The van der Waals surface area contributed by atoms with Gasteiger partial charge in [-0.3, -0.25) is 14.4 Å². The fraction of sp³-hybridized carbons (Fsp3) is 0.259. The van der Waals surface area contributed by atoms with Crippen LogP contribution in [0.5, 0.6) is 0 Å². The Hall–Kier alpha value is -3.96. The number of hydrogen-bond acceptors (Lipinski definition) is 6. The molecule has 1 aliphatic carbocycles. The second-order valence-electron chi connectivity index (χ2n) is 8.24. The van der Waals surface area contributed by atoms with E-state index in [0.717, 1.165) is 41.7 Å². The first-order valence-corrected chi connectivity index (χ1v) is 12.3. The number of amides is 2. The minimum absolute atomic E-state index is 0.132. The number of benzene rings is 2. The average molecular weight is 488 g/mol. The number of thiophene rings is 1. The van der Waals surface area contributed by atoms with E-state index in [2.05, 4.69) is 16.7 Å². The number of anilines is 1. The molecule has 8 heteroatoms. The molecular weight excluding hydrogens is 462 g/mol. The molecule has 2 aromatic carbocycles. The number of nitrogens with zero attached hydrogens (tertiary/aromatic N) is 1. The molecule has 0 fully saturated rings. The maximum absolute atomic E-state index is 12.7. The molecule has 0 radical (unpaired) electrons. The third kappa shape index (κ3) is 6.14. The molecule has 1 atom stereocenters. The molecule has 2 amide bonds. The normalized spacial score (nSPS) is 13.1. The quantitative estimate of drug-likeness (QED) is 0.454. The molecule has 0 spiro atoms. The van der Waals surface area contributed by atoms with Crippen molar-refractivity contribution < 1.29 is 19.1 Å². The van der Waals surface area contributed by atoms with Crippen LogP contribution in [0.4, 0.5) is 5.00 Å². The number of carbonyl (C=O) groups is 3. The Kier molecular flexibility index (Phi) is 7.91. The average Bonchev–Trinajstić information content (AvgIpc) is 3.24. The van der Waals surface area contributed by atoms with Gasteiger partial charge in [0.1, 0.15) is 11.1 Å². The SMILES string of the molecule is N#Cc1c(NC(=O)COC(=O)CC(NC(=O)c2ccccc2)c2ccccc2)sc2c1CCCC2. The summed E-state index contributed by atoms with van der Waals surface area (Å²) in [4.78, 5) is 38.8. The highest BCUT2D eigenvalue weighted by Crippen LogP contribution is 2.37. The van der Waals surface area contributed by atoms with Crippen molar-refractivity contribution >= 4 is 34.1 Å². The number of nitriles is 1. The van der Waals surface area contributed by atoms with E-state index >= 15 is 0 Å². The van der Waals surface area contributed by atoms with E-state index in [1.165, 1.54) is 11.3 Å². The molecule has 1 aliphatic rings. The van der Waals surface area contributed by atoms with Crippen LogP contribution < -0.4 is 10.6 Å². The summed E-state index contributed by atoms with van der Waals surface area (Å²) in [6.07, 6.45) is 3.73. The molecule has 0 saturated heterocycles. The van der Waals surface area contributed by atoms with Crippen LogP contribution in [-0.4, -0.2) is 24.4 Å². The molecular formula is C27H25N3O4S. The first-order chi connectivity index (χ1) is 17.0. The molecule has 0 bridgehead atoms. The summed E-state index contributed by atoms with van der Waals surface area (Å²) in [5, 5.41) is 15.7. The molecule has 0 saturated carbocycles. The third-order valence-electron chi connectivity index (χ3n) is 5.81. The van der Waals surface area contributed by atoms with Crippen molar-refractivity contribution in [2.45, 2.75) is 38.1 Å². The topological polar surface area (TPSA) is 108 Å². The van der Waals surface area contributed by atoms with Gasteiger partial charge in [0.15, 0.2) is 6.61 Å². The lowest BCUT2D eigenvalue weighted by molar-refractivity contribution is -0.147. The van der Waals surface area contributed by atoms with Crippen molar-refractivity contribution in [2.24, 2.45) is 0 Å². The van der Waals surface area contributed by atoms with Crippen LogP contribution in [0.15, 0.2) is 60.7 Å². The zero-order valence-electron chi connectivity index (χ0n) is 19.1. The monoisotopic (exact) mass is 487 g/mol. The molecule has 2 N–H and O–H groups in total. The summed E-state index contributed by atoms with van der Waals surface area (Å²) in [7, 11) is 0. The van der Waals surface area contributed by atoms with Gasteiger partial charge in [-0.05, 0) is 48.9 Å². The zero-order chi connectivity index (χ0) is 24.6. The summed E-state index contributed by atoms with van der Waals surface area (Å²) in [5.74, 6) is -1.43. The number of carbonyl (C=O) groups excluding carboxylic acids is 3. The number of rotatable bonds is 8. The first-order valence-electron chi connectivity index (χ1n) is 11.5. The predicted molar refractivity (Wildman–Crippen MR) is 133 cm³/mol. The van der Waals surface area contributed by atoms with Crippen molar-refractivity contribution in [3.05, 3.63) is 87.8 Å². The maximum Gasteiger partial charge on any atom is 0.308 e. The first kappa shape index (κ1) is 24.2. The molecule has 3 aromatic rings. The number of esters is 1. The van der Waals surface area contributed by atoms with Gasteiger partial charge in [0.25, 0.3) is 11.8 Å². The number of aryl methyl sites for hydroxylation is 1. The van der Waals surface area contributed by atoms with E-state index in [4.69, 9.17) is 4.74 Å². The van der Waals surface area contributed by atoms with Gasteiger partial charge in [0.05, 0.1) is 18.0 Å². The molecule has 4 rings (SSSR count). The second kappa shape index (κ2) is 11.4. The molecule has 7 nitrogen and oxygen atoms in total. The highest BCUT2D eigenvalue weighted by Gasteiger charge is 2.23. The maximum atomic E-state index is 12.7. The van der Waals surface area contributed by atoms with Gasteiger partial charge in [-0.25, -0.2) is 0 Å². The van der Waals surface area contributed by atoms with E-state index in [0.29, 0.717) is 16.1 Å². The van der Waals surface area contributed by atoms with Crippen molar-refractivity contribution in [3.63, 3.8) is 0 Å². The minimum atomic E-state index is -0.617. The van der Waals surface area contributed by atoms with Gasteiger partial charge >= 0.3 is 5.97 Å². The van der Waals surface area contributed by atoms with Crippen molar-refractivity contribution in [2.75, 3.05) is 11.9 Å². The van der Waals surface area contributed by atoms with E-state index in [-0.39, 0.29) is 12.3 Å². The highest BCUT2D eigenvalue weighted by molar-refractivity contribution is 7.16. The summed E-state index contributed by atoms with van der Waals surface area (Å²) >= 11 is 1.42. The highest BCUT2D eigenvalue weighted by atomic mass is 32.1. The summed E-state index contributed by atoms with van der Waals surface area (Å²) in [6, 6.07) is 19.4. The molecule has 35 heavy (non-hydrogen) atoms. The fourth-order valence-corrected chi connectivity index (χ4v) is 5.33. The third-order valence-corrected chi connectivity index (χ3v) is 7.02. The second-order valence-corrected chi connectivity index (χ2v) is 9.35. The lowest BCUT2D eigenvalue weighted by Crippen LogP contribution is -2.31. The van der Waals surface area contributed by atoms with Crippen LogP contribution in [0.2, 0.25) is 0 Å². The van der Waals surface area contributed by atoms with Crippen LogP contribution in [0.25, 0.3) is 0 Å². The van der Waals surface area contributed by atoms with E-state index in [1.54, 1.807) is 24.3 Å². The van der Waals surface area contributed by atoms with Crippen molar-refractivity contribution in [3.8, 4) is 6.07 Å². The van der Waals surface area contributed by atoms with Crippen LogP contribution >= 0.6 is 11.3 Å². The Bertz CT molecular complexity index is 1250. The zero-order valence-corrected chi connectivity index (χ0v) is 19.9. The van der Waals surface area contributed by atoms with Gasteiger partial charge < -0.3 is 15.4 Å². The van der Waals surface area contributed by atoms with Crippen molar-refractivity contribution in [1.82, 2.24) is 5.32 Å². The standard InChI is InChI=1S/C27H25N3O4S/c28-16-21-20-13-7-8-14-23(20)35-27(21)30-24(31)17-34-25(32)15-22(18-9-3-1-4-10-18)29-26(33)19-11-5-2-6-12-19/h1-6,9-12,22H,7-8,13-15,17H2,(H,29,33)(H,30,31). The van der Waals surface area contributed by atoms with Gasteiger partial charge in [0.2, 0.25) is 0 Å². The summed E-state index contributed by atoms with van der Waals surface area (Å²) in [6.45, 7) is -0.472. The van der Waals surface area contributed by atoms with Crippen LogP contribution in [0.1, 0.15) is 57.2 Å². The Morgan fingerprint density at radius 2 is 1.69 bits per heavy atom. The Morgan fingerprint density at radius 3 is 2.40 bits per heavy atom. The lowest BCUT2D eigenvalue weighted by Gasteiger charge is -2.18. The van der Waals surface area contributed by atoms with Gasteiger partial charge in [0, 0.05) is 10.4 Å². The van der Waals surface area contributed by atoms with E-state index < -0.39 is 24.5 Å². The number of hydrogen-bond donors (Lipinski definition) is 2. The van der Waals surface area contributed by atoms with Gasteiger partial charge in [-0.15, -0.1) is 11.3 Å².